The predicted molar refractivity (Wildman–Crippen MR) is 111 cm³/mol. The number of aromatic nitrogens is 2. The van der Waals surface area contributed by atoms with Gasteiger partial charge in [0.2, 0.25) is 0 Å². The molecule has 3 aromatic rings. The zero-order valence-electron chi connectivity index (χ0n) is 16.9. The molecule has 7 nitrogen and oxygen atoms in total. The molecule has 0 radical (unpaired) electrons. The van der Waals surface area contributed by atoms with Crippen LogP contribution in [-0.2, 0) is 0 Å². The van der Waals surface area contributed by atoms with Crippen molar-refractivity contribution in [1.82, 2.24) is 15.3 Å². The molecule has 0 bridgehead atoms. The molecule has 0 saturated carbocycles. The van der Waals surface area contributed by atoms with E-state index in [1.165, 1.54) is 18.5 Å². The standard InChI is InChI=1S/C21H25FN4O3/c1-12(2)23-7-8-29-19-10-16-14(9-18(19)28-4)21(25-11-24-16)26-20-13(3)17(27)6-5-15(20)22/h5-6,9-12,23,27H,7-8H2,1-4H3,(H,24,25,26). The second-order valence-electron chi connectivity index (χ2n) is 6.89. The van der Waals surface area contributed by atoms with E-state index >= 15 is 0 Å². The van der Waals surface area contributed by atoms with E-state index in [9.17, 15) is 9.50 Å². The van der Waals surface area contributed by atoms with Crippen molar-refractivity contribution in [1.29, 1.82) is 0 Å². The highest BCUT2D eigenvalue weighted by molar-refractivity contribution is 5.93. The zero-order chi connectivity index (χ0) is 21.0. The summed E-state index contributed by atoms with van der Waals surface area (Å²) in [7, 11) is 1.55. The summed E-state index contributed by atoms with van der Waals surface area (Å²) in [5.41, 5.74) is 1.17. The summed E-state index contributed by atoms with van der Waals surface area (Å²) in [6.45, 7) is 6.94. The number of phenols is 1. The van der Waals surface area contributed by atoms with Gasteiger partial charge in [0.15, 0.2) is 11.5 Å². The Morgan fingerprint density at radius 1 is 1.17 bits per heavy atom. The molecule has 0 fully saturated rings. The van der Waals surface area contributed by atoms with Crippen molar-refractivity contribution in [2.75, 3.05) is 25.6 Å². The number of fused-ring (bicyclic) bond motifs is 1. The monoisotopic (exact) mass is 400 g/mol. The molecule has 1 aromatic heterocycles. The summed E-state index contributed by atoms with van der Waals surface area (Å²) >= 11 is 0. The van der Waals surface area contributed by atoms with Crippen LogP contribution in [0.25, 0.3) is 10.9 Å². The third-order valence-corrected chi connectivity index (χ3v) is 4.46. The minimum absolute atomic E-state index is 0.00413. The first-order chi connectivity index (χ1) is 13.9. The highest BCUT2D eigenvalue weighted by Gasteiger charge is 2.15. The molecule has 0 spiro atoms. The fourth-order valence-corrected chi connectivity index (χ4v) is 2.88. The van der Waals surface area contributed by atoms with E-state index in [-0.39, 0.29) is 11.4 Å². The molecular formula is C21H25FN4O3. The Morgan fingerprint density at radius 2 is 1.97 bits per heavy atom. The Hall–Kier alpha value is -3.13. The van der Waals surface area contributed by atoms with Crippen LogP contribution in [0.15, 0.2) is 30.6 Å². The van der Waals surface area contributed by atoms with Crippen molar-refractivity contribution < 1.29 is 19.0 Å². The van der Waals surface area contributed by atoms with Crippen molar-refractivity contribution in [2.45, 2.75) is 26.8 Å². The van der Waals surface area contributed by atoms with Gasteiger partial charge < -0.3 is 25.2 Å². The molecule has 8 heteroatoms. The van der Waals surface area contributed by atoms with Gasteiger partial charge in [-0.05, 0) is 25.1 Å². The Morgan fingerprint density at radius 3 is 2.69 bits per heavy atom. The summed E-state index contributed by atoms with van der Waals surface area (Å²) < 4.78 is 25.6. The minimum Gasteiger partial charge on any atom is -0.508 e. The van der Waals surface area contributed by atoms with E-state index in [0.29, 0.717) is 53.0 Å². The highest BCUT2D eigenvalue weighted by Crippen LogP contribution is 2.36. The van der Waals surface area contributed by atoms with Crippen molar-refractivity contribution in [3.05, 3.63) is 42.0 Å². The first-order valence-electron chi connectivity index (χ1n) is 9.34. The third kappa shape index (κ3) is 4.65. The van der Waals surface area contributed by atoms with E-state index in [0.717, 1.165) is 0 Å². The second kappa shape index (κ2) is 8.91. The van der Waals surface area contributed by atoms with E-state index in [4.69, 9.17) is 9.47 Å². The lowest BCUT2D eigenvalue weighted by atomic mass is 10.1. The molecule has 29 heavy (non-hydrogen) atoms. The van der Waals surface area contributed by atoms with Gasteiger partial charge in [-0.3, -0.25) is 0 Å². The molecule has 154 valence electrons. The Labute approximate surface area is 168 Å². The van der Waals surface area contributed by atoms with E-state index in [2.05, 4.69) is 34.4 Å². The third-order valence-electron chi connectivity index (χ3n) is 4.46. The maximum absolute atomic E-state index is 14.3. The van der Waals surface area contributed by atoms with Crippen molar-refractivity contribution in [2.24, 2.45) is 0 Å². The number of methoxy groups -OCH3 is 1. The lowest BCUT2D eigenvalue weighted by Gasteiger charge is -2.15. The van der Waals surface area contributed by atoms with Crippen LogP contribution in [-0.4, -0.2) is 41.4 Å². The number of phenolic OH excluding ortho intramolecular Hbond substituents is 1. The van der Waals surface area contributed by atoms with Gasteiger partial charge in [0, 0.05) is 29.6 Å². The van der Waals surface area contributed by atoms with Gasteiger partial charge in [-0.15, -0.1) is 0 Å². The maximum Gasteiger partial charge on any atom is 0.163 e. The van der Waals surface area contributed by atoms with Gasteiger partial charge in [-0.2, -0.15) is 0 Å². The fourth-order valence-electron chi connectivity index (χ4n) is 2.88. The van der Waals surface area contributed by atoms with Crippen molar-refractivity contribution >= 4 is 22.4 Å². The molecule has 2 aromatic carbocycles. The van der Waals surface area contributed by atoms with Crippen LogP contribution in [0.3, 0.4) is 0 Å². The van der Waals surface area contributed by atoms with Crippen LogP contribution in [0.5, 0.6) is 17.2 Å². The van der Waals surface area contributed by atoms with Gasteiger partial charge >= 0.3 is 0 Å². The number of nitrogens with zero attached hydrogens (tertiary/aromatic N) is 2. The fraction of sp³-hybridized carbons (Fsp3) is 0.333. The number of ether oxygens (including phenoxy) is 2. The smallest absolute Gasteiger partial charge is 0.163 e. The lowest BCUT2D eigenvalue weighted by molar-refractivity contribution is 0.289. The normalized spacial score (nSPS) is 11.1. The largest absolute Gasteiger partial charge is 0.508 e. The topological polar surface area (TPSA) is 88.5 Å². The number of benzene rings is 2. The highest BCUT2D eigenvalue weighted by atomic mass is 19.1. The van der Waals surface area contributed by atoms with Crippen LogP contribution in [0.2, 0.25) is 0 Å². The van der Waals surface area contributed by atoms with Gasteiger partial charge in [-0.25, -0.2) is 14.4 Å². The Kier molecular flexibility index (Phi) is 6.33. The SMILES string of the molecule is COc1cc2c(Nc3c(F)ccc(O)c3C)ncnc2cc1OCCNC(C)C. The van der Waals surface area contributed by atoms with E-state index < -0.39 is 5.82 Å². The molecule has 0 atom stereocenters. The molecule has 0 unspecified atom stereocenters. The molecule has 3 rings (SSSR count). The molecule has 3 N–H and O–H groups in total. The average Bonchev–Trinajstić information content (AvgIpc) is 2.70. The number of rotatable bonds is 8. The molecule has 0 aliphatic carbocycles. The average molecular weight is 400 g/mol. The molecule has 0 aliphatic heterocycles. The zero-order valence-corrected chi connectivity index (χ0v) is 16.9. The summed E-state index contributed by atoms with van der Waals surface area (Å²) in [6.07, 6.45) is 1.39. The molecule has 0 saturated heterocycles. The number of halogens is 1. The number of nitrogens with one attached hydrogen (secondary N) is 2. The summed E-state index contributed by atoms with van der Waals surface area (Å²) in [5, 5.41) is 16.8. The van der Waals surface area contributed by atoms with Crippen LogP contribution in [0.4, 0.5) is 15.9 Å². The number of anilines is 2. The van der Waals surface area contributed by atoms with E-state index in [1.54, 1.807) is 26.2 Å². The summed E-state index contributed by atoms with van der Waals surface area (Å²) in [5.74, 6) is 0.990. The van der Waals surface area contributed by atoms with Crippen molar-refractivity contribution in [3.8, 4) is 17.2 Å². The molecular weight excluding hydrogens is 375 g/mol. The van der Waals surface area contributed by atoms with Crippen LogP contribution in [0.1, 0.15) is 19.4 Å². The quantitative estimate of drug-likeness (QED) is 0.494. The van der Waals surface area contributed by atoms with Gasteiger partial charge in [0.1, 0.15) is 30.3 Å². The Balaban J connectivity index is 1.94. The first kappa shape index (κ1) is 20.6. The van der Waals surface area contributed by atoms with Gasteiger partial charge in [0.25, 0.3) is 0 Å². The minimum atomic E-state index is -0.489. The van der Waals surface area contributed by atoms with Crippen LogP contribution < -0.4 is 20.1 Å². The van der Waals surface area contributed by atoms with E-state index in [1.807, 2.05) is 0 Å². The lowest BCUT2D eigenvalue weighted by Crippen LogP contribution is -2.27. The summed E-state index contributed by atoms with van der Waals surface area (Å²) in [6, 6.07) is 6.40. The molecule has 1 heterocycles. The van der Waals surface area contributed by atoms with Gasteiger partial charge in [-0.1, -0.05) is 13.8 Å². The number of aromatic hydroxyl groups is 1. The summed E-state index contributed by atoms with van der Waals surface area (Å²) in [4.78, 5) is 8.53. The molecule has 0 aliphatic rings. The van der Waals surface area contributed by atoms with Crippen molar-refractivity contribution in [3.63, 3.8) is 0 Å². The maximum atomic E-state index is 14.3. The van der Waals surface area contributed by atoms with Crippen LogP contribution >= 0.6 is 0 Å². The first-order valence-corrected chi connectivity index (χ1v) is 9.34. The number of hydrogen-bond donors (Lipinski definition) is 3. The molecule has 0 amide bonds. The Bertz CT molecular complexity index is 1010. The predicted octanol–water partition coefficient (Wildman–Crippen LogP) is 3.91. The van der Waals surface area contributed by atoms with Gasteiger partial charge in [0.05, 0.1) is 18.3 Å². The number of hydrogen-bond acceptors (Lipinski definition) is 7. The second-order valence-corrected chi connectivity index (χ2v) is 6.89. The van der Waals surface area contributed by atoms with Crippen LogP contribution in [0, 0.1) is 12.7 Å².